The predicted octanol–water partition coefficient (Wildman–Crippen LogP) is 0.493. The van der Waals surface area contributed by atoms with Crippen molar-refractivity contribution in [2.75, 3.05) is 0 Å². The molecule has 0 bridgehead atoms. The van der Waals surface area contributed by atoms with Crippen LogP contribution in [0.15, 0.2) is 12.7 Å². The third-order valence-electron chi connectivity index (χ3n) is 2.18. The van der Waals surface area contributed by atoms with E-state index in [9.17, 15) is 14.9 Å². The van der Waals surface area contributed by atoms with Gasteiger partial charge in [-0.3, -0.25) is 0 Å². The van der Waals surface area contributed by atoms with Crippen LogP contribution in [0.4, 0.5) is 10.7 Å². The molecule has 10 heteroatoms. The molecule has 0 fully saturated rings. The Hall–Kier alpha value is -2.65. The minimum Gasteiger partial charge on any atom is -0.390 e. The Kier molecular flexibility index (Phi) is 3.31. The lowest BCUT2D eigenvalue weighted by atomic mass is 10.1. The maximum atomic E-state index is 11.9. The van der Waals surface area contributed by atoms with Crippen LogP contribution in [0.2, 0.25) is 0 Å². The van der Waals surface area contributed by atoms with E-state index in [1.807, 2.05) is 13.8 Å². The lowest BCUT2D eigenvalue weighted by Crippen LogP contribution is -2.22. The number of carbonyl (C=O) groups is 1. The molecule has 2 heterocycles. The van der Waals surface area contributed by atoms with Gasteiger partial charge in [-0.25, -0.2) is 9.78 Å². The van der Waals surface area contributed by atoms with Crippen molar-refractivity contribution in [3.05, 3.63) is 28.6 Å². The first-order valence-electron chi connectivity index (χ1n) is 5.48. The maximum absolute atomic E-state index is 11.9. The van der Waals surface area contributed by atoms with E-state index in [1.54, 1.807) is 0 Å². The zero-order valence-corrected chi connectivity index (χ0v) is 10.3. The molecule has 10 nitrogen and oxygen atoms in total. The summed E-state index contributed by atoms with van der Waals surface area (Å²) in [6.45, 7) is 3.84. The molecule has 0 aliphatic heterocycles. The molecule has 19 heavy (non-hydrogen) atoms. The minimum absolute atomic E-state index is 0.219. The van der Waals surface area contributed by atoms with E-state index in [2.05, 4.69) is 20.2 Å². The van der Waals surface area contributed by atoms with Crippen LogP contribution in [-0.2, 0) is 6.42 Å². The van der Waals surface area contributed by atoms with Gasteiger partial charge in [-0.1, -0.05) is 18.9 Å². The van der Waals surface area contributed by atoms with Gasteiger partial charge in [-0.2, -0.15) is 4.68 Å². The highest BCUT2D eigenvalue weighted by Gasteiger charge is 2.28. The van der Waals surface area contributed by atoms with Crippen LogP contribution in [0.1, 0.15) is 19.7 Å². The number of hydrogen-bond donors (Lipinski definition) is 0. The fourth-order valence-electron chi connectivity index (χ4n) is 1.45. The molecule has 0 spiro atoms. The Balaban J connectivity index is 2.40. The van der Waals surface area contributed by atoms with Gasteiger partial charge in [0.1, 0.15) is 12.7 Å². The number of carbonyl (C=O) groups excluding carboxylic acids is 1. The molecule has 0 atom stereocenters. The van der Waals surface area contributed by atoms with Gasteiger partial charge in [0.05, 0.1) is 0 Å². The summed E-state index contributed by atoms with van der Waals surface area (Å²) in [4.78, 5) is 29.4. The smallest absolute Gasteiger partial charge is 0.390 e. The summed E-state index contributed by atoms with van der Waals surface area (Å²) in [5, 5.41) is 18.3. The molecule has 100 valence electrons. The first kappa shape index (κ1) is 12.8. The monoisotopic (exact) mass is 265 g/mol. The summed E-state index contributed by atoms with van der Waals surface area (Å²) < 4.78 is 1.47. The van der Waals surface area contributed by atoms with Crippen molar-refractivity contribution in [1.29, 1.82) is 0 Å². The third-order valence-corrected chi connectivity index (χ3v) is 2.18. The lowest BCUT2D eigenvalue weighted by molar-refractivity contribution is -0.395. The maximum Gasteiger partial charge on any atom is 0.465 e. The van der Waals surface area contributed by atoms with Gasteiger partial charge in [0, 0.05) is 6.42 Å². The Bertz CT molecular complexity index is 601. The first-order chi connectivity index (χ1) is 8.99. The van der Waals surface area contributed by atoms with Crippen LogP contribution >= 0.6 is 0 Å². The number of hydrogen-bond acceptors (Lipinski definition) is 7. The summed E-state index contributed by atoms with van der Waals surface area (Å²) in [6, 6.07) is -0.799. The van der Waals surface area contributed by atoms with Crippen molar-refractivity contribution < 1.29 is 9.72 Å². The molecule has 0 unspecified atom stereocenters. The zero-order chi connectivity index (χ0) is 14.0. The second-order valence-electron chi connectivity index (χ2n) is 4.22. The quantitative estimate of drug-likeness (QED) is 0.584. The largest absolute Gasteiger partial charge is 0.465 e. The molecule has 0 aliphatic carbocycles. The summed E-state index contributed by atoms with van der Waals surface area (Å²) in [6.07, 6.45) is 2.73. The van der Waals surface area contributed by atoms with Crippen molar-refractivity contribution in [2.45, 2.75) is 20.3 Å². The zero-order valence-electron chi connectivity index (χ0n) is 10.3. The fourth-order valence-corrected chi connectivity index (χ4v) is 1.45. The SMILES string of the molecule is CC(C)Cc1nc([N+](=O)[O-])n(C(=O)n2cncn2)n1. The second-order valence-corrected chi connectivity index (χ2v) is 4.22. The average Bonchev–Trinajstić information content (AvgIpc) is 2.94. The second kappa shape index (κ2) is 4.92. The Morgan fingerprint density at radius 3 is 2.79 bits per heavy atom. The summed E-state index contributed by atoms with van der Waals surface area (Å²) >= 11 is 0. The number of rotatable bonds is 3. The van der Waals surface area contributed by atoms with E-state index < -0.39 is 16.9 Å². The van der Waals surface area contributed by atoms with Gasteiger partial charge in [0.25, 0.3) is 0 Å². The molecule has 0 N–H and O–H groups in total. The lowest BCUT2D eigenvalue weighted by Gasteiger charge is -1.96. The molecule has 2 aromatic heterocycles. The van der Waals surface area contributed by atoms with Gasteiger partial charge in [-0.15, -0.1) is 5.10 Å². The van der Waals surface area contributed by atoms with Crippen molar-refractivity contribution >= 4 is 12.0 Å². The van der Waals surface area contributed by atoms with Gasteiger partial charge in [0.15, 0.2) is 0 Å². The Morgan fingerprint density at radius 1 is 1.53 bits per heavy atom. The third kappa shape index (κ3) is 2.61. The molecule has 2 aromatic rings. The number of aromatic nitrogens is 6. The standard InChI is InChI=1S/C9H11N7O3/c1-6(2)3-7-12-8(16(18)19)15(13-7)9(17)14-5-10-4-11-14/h4-6H,3H2,1-2H3. The molecule has 2 rings (SSSR count). The Labute approximate surface area is 107 Å². The normalized spacial score (nSPS) is 10.9. The fraction of sp³-hybridized carbons (Fsp3) is 0.444. The average molecular weight is 265 g/mol. The highest BCUT2D eigenvalue weighted by molar-refractivity contribution is 5.78. The van der Waals surface area contributed by atoms with Crippen molar-refractivity contribution in [3.8, 4) is 0 Å². The highest BCUT2D eigenvalue weighted by Crippen LogP contribution is 2.11. The van der Waals surface area contributed by atoms with Crippen molar-refractivity contribution in [1.82, 2.24) is 29.5 Å². The van der Waals surface area contributed by atoms with Gasteiger partial charge >= 0.3 is 12.0 Å². The molecular weight excluding hydrogens is 254 g/mol. The molecule has 0 saturated heterocycles. The minimum atomic E-state index is -0.799. The number of nitrogens with zero attached hydrogens (tertiary/aromatic N) is 7. The molecular formula is C9H11N7O3. The van der Waals surface area contributed by atoms with E-state index in [-0.39, 0.29) is 11.7 Å². The predicted molar refractivity (Wildman–Crippen MR) is 61.4 cm³/mol. The van der Waals surface area contributed by atoms with E-state index in [0.717, 1.165) is 17.3 Å². The summed E-state index contributed by atoms with van der Waals surface area (Å²) in [5.41, 5.74) is 0. The Morgan fingerprint density at radius 2 is 2.26 bits per heavy atom. The van der Waals surface area contributed by atoms with E-state index in [1.165, 1.54) is 0 Å². The van der Waals surface area contributed by atoms with Gasteiger partial charge in [0.2, 0.25) is 5.82 Å². The van der Waals surface area contributed by atoms with Crippen LogP contribution in [0.3, 0.4) is 0 Å². The van der Waals surface area contributed by atoms with Crippen LogP contribution < -0.4 is 0 Å². The highest BCUT2D eigenvalue weighted by atomic mass is 16.6. The van der Waals surface area contributed by atoms with Crippen molar-refractivity contribution in [3.63, 3.8) is 0 Å². The summed E-state index contributed by atoms with van der Waals surface area (Å²) in [7, 11) is 0. The molecule has 0 aromatic carbocycles. The molecule has 0 radical (unpaired) electrons. The first-order valence-corrected chi connectivity index (χ1v) is 5.48. The number of nitro groups is 1. The van der Waals surface area contributed by atoms with Gasteiger partial charge in [-0.05, 0) is 20.5 Å². The molecule has 0 amide bonds. The van der Waals surface area contributed by atoms with Crippen LogP contribution in [0.25, 0.3) is 0 Å². The van der Waals surface area contributed by atoms with E-state index in [4.69, 9.17) is 0 Å². The van der Waals surface area contributed by atoms with Crippen LogP contribution in [-0.4, -0.2) is 40.5 Å². The topological polar surface area (TPSA) is 122 Å². The van der Waals surface area contributed by atoms with Crippen molar-refractivity contribution in [2.24, 2.45) is 5.92 Å². The molecule has 0 aliphatic rings. The van der Waals surface area contributed by atoms with Crippen LogP contribution in [0, 0.1) is 16.0 Å². The summed E-state index contributed by atoms with van der Waals surface area (Å²) in [5.74, 6) is -0.164. The van der Waals surface area contributed by atoms with E-state index in [0.29, 0.717) is 11.1 Å². The van der Waals surface area contributed by atoms with Crippen LogP contribution in [0.5, 0.6) is 0 Å². The van der Waals surface area contributed by atoms with Gasteiger partial charge < -0.3 is 10.1 Å². The van der Waals surface area contributed by atoms with E-state index >= 15 is 0 Å². The molecule has 0 saturated carbocycles.